The van der Waals surface area contributed by atoms with E-state index < -0.39 is 0 Å². The molecule has 2 aliphatic rings. The molecule has 0 unspecified atom stereocenters. The van der Waals surface area contributed by atoms with Crippen molar-refractivity contribution in [2.45, 2.75) is 32.5 Å². The molecule has 0 radical (unpaired) electrons. The second-order valence-corrected chi connectivity index (χ2v) is 4.36. The Morgan fingerprint density at radius 3 is 2.40 bits per heavy atom. The van der Waals surface area contributed by atoms with Crippen molar-refractivity contribution in [3.8, 4) is 0 Å². The van der Waals surface area contributed by atoms with Gasteiger partial charge in [0, 0.05) is 26.4 Å². The molecule has 15 heavy (non-hydrogen) atoms. The third-order valence-corrected chi connectivity index (χ3v) is 3.28. The summed E-state index contributed by atoms with van der Waals surface area (Å²) in [5.41, 5.74) is 0. The van der Waals surface area contributed by atoms with Gasteiger partial charge in [-0.3, -0.25) is 4.79 Å². The Labute approximate surface area is 90.5 Å². The molecule has 1 amide bonds. The minimum Gasteiger partial charge on any atom is -0.350 e. The molecule has 0 saturated carbocycles. The average Bonchev–Trinajstić information content (AvgIpc) is 2.71. The van der Waals surface area contributed by atoms with Gasteiger partial charge >= 0.3 is 0 Å². The molecule has 86 valence electrons. The third-order valence-electron chi connectivity index (χ3n) is 3.28. The van der Waals surface area contributed by atoms with E-state index in [4.69, 9.17) is 9.47 Å². The topological polar surface area (TPSA) is 38.8 Å². The summed E-state index contributed by atoms with van der Waals surface area (Å²) < 4.78 is 10.9. The average molecular weight is 213 g/mol. The van der Waals surface area contributed by atoms with Crippen LogP contribution in [0.1, 0.15) is 26.2 Å². The van der Waals surface area contributed by atoms with Crippen LogP contribution in [0.15, 0.2) is 0 Å². The van der Waals surface area contributed by atoms with Crippen molar-refractivity contribution < 1.29 is 14.3 Å². The first-order chi connectivity index (χ1) is 7.25. The minimum absolute atomic E-state index is 0.0129. The predicted octanol–water partition coefficient (Wildman–Crippen LogP) is 1.01. The van der Waals surface area contributed by atoms with Gasteiger partial charge in [-0.2, -0.15) is 0 Å². The first-order valence-corrected chi connectivity index (χ1v) is 5.74. The lowest BCUT2D eigenvalue weighted by molar-refractivity contribution is -0.130. The lowest BCUT2D eigenvalue weighted by atomic mass is 9.93. The van der Waals surface area contributed by atoms with Crippen LogP contribution >= 0.6 is 0 Å². The maximum absolute atomic E-state index is 11.1. The van der Waals surface area contributed by atoms with Gasteiger partial charge in [-0.05, 0) is 18.8 Å². The molecule has 2 fully saturated rings. The fourth-order valence-corrected chi connectivity index (χ4v) is 2.30. The normalized spacial score (nSPS) is 24.7. The fourth-order valence-electron chi connectivity index (χ4n) is 2.30. The summed E-state index contributed by atoms with van der Waals surface area (Å²) in [4.78, 5) is 13.1. The van der Waals surface area contributed by atoms with E-state index >= 15 is 0 Å². The highest BCUT2D eigenvalue weighted by Gasteiger charge is 2.25. The summed E-state index contributed by atoms with van der Waals surface area (Å²) >= 11 is 0. The van der Waals surface area contributed by atoms with Gasteiger partial charge < -0.3 is 14.4 Å². The van der Waals surface area contributed by atoms with Gasteiger partial charge in [0.25, 0.3) is 0 Å². The molecule has 0 aromatic rings. The van der Waals surface area contributed by atoms with E-state index in [1.807, 2.05) is 4.90 Å². The quantitative estimate of drug-likeness (QED) is 0.687. The number of carbonyl (C=O) groups excluding carboxylic acids is 1. The summed E-state index contributed by atoms with van der Waals surface area (Å²) in [6.45, 7) is 4.90. The number of hydrogen-bond donors (Lipinski definition) is 0. The van der Waals surface area contributed by atoms with Crippen LogP contribution in [0.3, 0.4) is 0 Å². The zero-order valence-corrected chi connectivity index (χ0v) is 9.28. The van der Waals surface area contributed by atoms with E-state index in [0.29, 0.717) is 5.92 Å². The smallest absolute Gasteiger partial charge is 0.219 e. The highest BCUT2D eigenvalue weighted by atomic mass is 16.7. The Morgan fingerprint density at radius 1 is 1.27 bits per heavy atom. The van der Waals surface area contributed by atoms with Gasteiger partial charge in [-0.15, -0.1) is 0 Å². The van der Waals surface area contributed by atoms with E-state index in [9.17, 15) is 4.79 Å². The molecule has 4 nitrogen and oxygen atoms in total. The van der Waals surface area contributed by atoms with Gasteiger partial charge in [0.15, 0.2) is 6.29 Å². The van der Waals surface area contributed by atoms with Gasteiger partial charge in [0.05, 0.1) is 13.2 Å². The van der Waals surface area contributed by atoms with E-state index in [2.05, 4.69) is 0 Å². The SMILES string of the molecule is CC(=O)N1CCC(CC2OCCO2)CC1. The van der Waals surface area contributed by atoms with Crippen molar-refractivity contribution >= 4 is 5.91 Å². The molecule has 2 saturated heterocycles. The first kappa shape index (κ1) is 10.9. The molecule has 2 heterocycles. The van der Waals surface area contributed by atoms with Crippen molar-refractivity contribution in [3.63, 3.8) is 0 Å². The molecule has 0 atom stereocenters. The molecular formula is C11H19NO3. The van der Waals surface area contributed by atoms with Crippen molar-refractivity contribution in [2.75, 3.05) is 26.3 Å². The van der Waals surface area contributed by atoms with Crippen LogP contribution in [0.5, 0.6) is 0 Å². The van der Waals surface area contributed by atoms with Crippen LogP contribution in [-0.2, 0) is 14.3 Å². The standard InChI is InChI=1S/C11H19NO3/c1-9(13)12-4-2-10(3-5-12)8-11-14-6-7-15-11/h10-11H,2-8H2,1H3. The monoisotopic (exact) mass is 213 g/mol. The van der Waals surface area contributed by atoms with Crippen LogP contribution in [-0.4, -0.2) is 43.4 Å². The number of likely N-dealkylation sites (tertiary alicyclic amines) is 1. The Kier molecular flexibility index (Phi) is 3.59. The number of carbonyl (C=O) groups is 1. The van der Waals surface area contributed by atoms with Crippen LogP contribution in [0.2, 0.25) is 0 Å². The number of rotatable bonds is 2. The second kappa shape index (κ2) is 4.94. The molecule has 4 heteroatoms. The maximum Gasteiger partial charge on any atom is 0.219 e. The Balaban J connectivity index is 1.71. The summed E-state index contributed by atoms with van der Waals surface area (Å²) in [5.74, 6) is 0.852. The minimum atomic E-state index is 0.0129. The van der Waals surface area contributed by atoms with Crippen molar-refractivity contribution in [1.82, 2.24) is 4.90 Å². The number of piperidine rings is 1. The van der Waals surface area contributed by atoms with Crippen LogP contribution in [0.4, 0.5) is 0 Å². The molecule has 0 bridgehead atoms. The largest absolute Gasteiger partial charge is 0.350 e. The van der Waals surface area contributed by atoms with E-state index in [0.717, 1.165) is 45.6 Å². The van der Waals surface area contributed by atoms with E-state index in [1.54, 1.807) is 6.92 Å². The van der Waals surface area contributed by atoms with Crippen molar-refractivity contribution in [1.29, 1.82) is 0 Å². The zero-order chi connectivity index (χ0) is 10.7. The highest BCUT2D eigenvalue weighted by Crippen LogP contribution is 2.24. The Bertz CT molecular complexity index is 218. The number of ether oxygens (including phenoxy) is 2. The number of hydrogen-bond acceptors (Lipinski definition) is 3. The molecule has 0 spiro atoms. The van der Waals surface area contributed by atoms with Crippen molar-refractivity contribution in [2.24, 2.45) is 5.92 Å². The predicted molar refractivity (Wildman–Crippen MR) is 55.3 cm³/mol. The molecule has 2 aliphatic heterocycles. The lowest BCUT2D eigenvalue weighted by Gasteiger charge is -2.32. The third kappa shape index (κ3) is 2.92. The Morgan fingerprint density at radius 2 is 1.87 bits per heavy atom. The molecule has 0 aromatic carbocycles. The van der Waals surface area contributed by atoms with Gasteiger partial charge in [-0.1, -0.05) is 0 Å². The van der Waals surface area contributed by atoms with Gasteiger partial charge in [0.2, 0.25) is 5.91 Å². The van der Waals surface area contributed by atoms with E-state index in [-0.39, 0.29) is 12.2 Å². The number of amides is 1. The Hall–Kier alpha value is -0.610. The summed E-state index contributed by atoms with van der Waals surface area (Å²) in [7, 11) is 0. The highest BCUT2D eigenvalue weighted by molar-refractivity contribution is 5.73. The molecule has 0 aliphatic carbocycles. The summed E-state index contributed by atoms with van der Waals surface area (Å²) in [6, 6.07) is 0. The van der Waals surface area contributed by atoms with Crippen LogP contribution in [0, 0.1) is 5.92 Å². The first-order valence-electron chi connectivity index (χ1n) is 5.74. The maximum atomic E-state index is 11.1. The fraction of sp³-hybridized carbons (Fsp3) is 0.909. The molecular weight excluding hydrogens is 194 g/mol. The number of nitrogens with zero attached hydrogens (tertiary/aromatic N) is 1. The van der Waals surface area contributed by atoms with Crippen LogP contribution < -0.4 is 0 Å². The molecule has 2 rings (SSSR count). The second-order valence-electron chi connectivity index (χ2n) is 4.36. The van der Waals surface area contributed by atoms with Gasteiger partial charge in [-0.25, -0.2) is 0 Å². The molecule has 0 aromatic heterocycles. The van der Waals surface area contributed by atoms with Gasteiger partial charge in [0.1, 0.15) is 0 Å². The summed E-state index contributed by atoms with van der Waals surface area (Å²) in [6.07, 6.45) is 3.18. The van der Waals surface area contributed by atoms with E-state index in [1.165, 1.54) is 0 Å². The summed E-state index contributed by atoms with van der Waals surface area (Å²) in [5, 5.41) is 0. The van der Waals surface area contributed by atoms with Crippen molar-refractivity contribution in [3.05, 3.63) is 0 Å². The molecule has 0 N–H and O–H groups in total. The zero-order valence-electron chi connectivity index (χ0n) is 9.28. The van der Waals surface area contributed by atoms with Crippen LogP contribution in [0.25, 0.3) is 0 Å². The lowest BCUT2D eigenvalue weighted by Crippen LogP contribution is -2.37.